The maximum absolute atomic E-state index is 9.56. The highest BCUT2D eigenvalue weighted by Crippen LogP contribution is 2.27. The third-order valence-corrected chi connectivity index (χ3v) is 1.80. The van der Waals surface area contributed by atoms with Gasteiger partial charge in [-0.25, -0.2) is 0 Å². The van der Waals surface area contributed by atoms with E-state index in [1.165, 1.54) is 0 Å². The molecule has 1 rings (SSSR count). The molecule has 0 bridgehead atoms. The molecular formula is C10H15NO2. The molecule has 0 aromatic heterocycles. The van der Waals surface area contributed by atoms with Crippen LogP contribution in [0.4, 0.5) is 0 Å². The van der Waals surface area contributed by atoms with Gasteiger partial charge in [0.05, 0.1) is 7.11 Å². The molecule has 0 saturated carbocycles. The van der Waals surface area contributed by atoms with Crippen LogP contribution in [0.1, 0.15) is 5.56 Å². The van der Waals surface area contributed by atoms with Crippen LogP contribution in [-0.2, 0) is 6.54 Å². The average Bonchev–Trinajstić information content (AvgIpc) is 2.08. The normalized spacial score (nSPS) is 10.5. The number of methoxy groups -OCH3 is 1. The second kappa shape index (κ2) is 4.14. The van der Waals surface area contributed by atoms with Crippen molar-refractivity contribution in [2.24, 2.45) is 0 Å². The molecule has 0 aliphatic rings. The number of nitrogens with zero attached hydrogens (tertiary/aromatic N) is 1. The molecule has 1 aromatic rings. The van der Waals surface area contributed by atoms with Crippen molar-refractivity contribution in [2.45, 2.75) is 6.54 Å². The highest BCUT2D eigenvalue weighted by molar-refractivity contribution is 5.43. The van der Waals surface area contributed by atoms with E-state index in [1.807, 2.05) is 25.1 Å². The van der Waals surface area contributed by atoms with Crippen LogP contribution >= 0.6 is 0 Å². The third-order valence-electron chi connectivity index (χ3n) is 1.80. The molecule has 13 heavy (non-hydrogen) atoms. The lowest BCUT2D eigenvalue weighted by Crippen LogP contribution is -2.11. The Hall–Kier alpha value is -1.22. The first-order chi connectivity index (χ1) is 6.15. The van der Waals surface area contributed by atoms with Gasteiger partial charge in [-0.1, -0.05) is 6.07 Å². The van der Waals surface area contributed by atoms with Crippen LogP contribution in [0.3, 0.4) is 0 Å². The van der Waals surface area contributed by atoms with Crippen LogP contribution < -0.4 is 4.74 Å². The number of benzene rings is 1. The Kier molecular flexibility index (Phi) is 3.14. The second-order valence-corrected chi connectivity index (χ2v) is 3.20. The zero-order chi connectivity index (χ0) is 9.84. The molecule has 3 nitrogen and oxygen atoms in total. The Morgan fingerprint density at radius 3 is 2.62 bits per heavy atom. The maximum Gasteiger partial charge on any atom is 0.127 e. The van der Waals surface area contributed by atoms with Gasteiger partial charge < -0.3 is 14.7 Å². The molecule has 3 heteroatoms. The van der Waals surface area contributed by atoms with Crippen LogP contribution in [0.25, 0.3) is 0 Å². The SMILES string of the molecule is COc1cccc(O)c1CN(C)C. The van der Waals surface area contributed by atoms with Crippen molar-refractivity contribution in [2.75, 3.05) is 21.2 Å². The Bertz CT molecular complexity index is 284. The fourth-order valence-electron chi connectivity index (χ4n) is 1.22. The van der Waals surface area contributed by atoms with E-state index >= 15 is 0 Å². The van der Waals surface area contributed by atoms with E-state index in [2.05, 4.69) is 0 Å². The van der Waals surface area contributed by atoms with E-state index in [4.69, 9.17) is 4.74 Å². The van der Waals surface area contributed by atoms with Crippen molar-refractivity contribution in [1.82, 2.24) is 4.90 Å². The summed E-state index contributed by atoms with van der Waals surface area (Å²) in [6.45, 7) is 0.676. The lowest BCUT2D eigenvalue weighted by Gasteiger charge is -2.14. The van der Waals surface area contributed by atoms with Crippen molar-refractivity contribution < 1.29 is 9.84 Å². The van der Waals surface area contributed by atoms with E-state index in [0.29, 0.717) is 6.54 Å². The van der Waals surface area contributed by atoms with Gasteiger partial charge in [0.1, 0.15) is 11.5 Å². The number of ether oxygens (including phenoxy) is 1. The van der Waals surface area contributed by atoms with Gasteiger partial charge in [0, 0.05) is 12.1 Å². The molecule has 72 valence electrons. The average molecular weight is 181 g/mol. The van der Waals surface area contributed by atoms with Gasteiger partial charge in [-0.2, -0.15) is 0 Å². The number of hydrogen-bond donors (Lipinski definition) is 1. The number of hydrogen-bond acceptors (Lipinski definition) is 3. The molecule has 0 radical (unpaired) electrons. The Morgan fingerprint density at radius 2 is 2.08 bits per heavy atom. The van der Waals surface area contributed by atoms with Gasteiger partial charge in [-0.3, -0.25) is 0 Å². The Labute approximate surface area is 78.6 Å². The van der Waals surface area contributed by atoms with Crippen LogP contribution in [0.15, 0.2) is 18.2 Å². The fraction of sp³-hybridized carbons (Fsp3) is 0.400. The van der Waals surface area contributed by atoms with Crippen molar-refractivity contribution >= 4 is 0 Å². The van der Waals surface area contributed by atoms with E-state index in [9.17, 15) is 5.11 Å². The summed E-state index contributed by atoms with van der Waals surface area (Å²) in [7, 11) is 5.51. The lowest BCUT2D eigenvalue weighted by molar-refractivity contribution is 0.357. The molecule has 0 heterocycles. The second-order valence-electron chi connectivity index (χ2n) is 3.20. The first kappa shape index (κ1) is 9.86. The summed E-state index contributed by atoms with van der Waals surface area (Å²) in [4.78, 5) is 1.98. The highest BCUT2D eigenvalue weighted by atomic mass is 16.5. The van der Waals surface area contributed by atoms with Crippen molar-refractivity contribution in [1.29, 1.82) is 0 Å². The van der Waals surface area contributed by atoms with E-state index in [0.717, 1.165) is 11.3 Å². The predicted molar refractivity (Wildman–Crippen MR) is 52.0 cm³/mol. The summed E-state index contributed by atoms with van der Waals surface area (Å²) >= 11 is 0. The highest BCUT2D eigenvalue weighted by Gasteiger charge is 2.08. The van der Waals surface area contributed by atoms with Crippen molar-refractivity contribution in [3.63, 3.8) is 0 Å². The summed E-state index contributed by atoms with van der Waals surface area (Å²) in [6.07, 6.45) is 0. The van der Waals surface area contributed by atoms with E-state index in [1.54, 1.807) is 19.2 Å². The molecule has 0 spiro atoms. The summed E-state index contributed by atoms with van der Waals surface area (Å²) in [5, 5.41) is 9.56. The standard InChI is InChI=1S/C10H15NO2/c1-11(2)7-8-9(12)5-4-6-10(8)13-3/h4-6,12H,7H2,1-3H3. The fourth-order valence-corrected chi connectivity index (χ4v) is 1.22. The molecule has 0 unspecified atom stereocenters. The zero-order valence-electron chi connectivity index (χ0n) is 8.24. The lowest BCUT2D eigenvalue weighted by atomic mass is 10.1. The molecule has 1 N–H and O–H groups in total. The minimum Gasteiger partial charge on any atom is -0.507 e. The summed E-state index contributed by atoms with van der Waals surface area (Å²) in [6, 6.07) is 5.28. The largest absolute Gasteiger partial charge is 0.507 e. The Balaban J connectivity index is 3.00. The van der Waals surface area contributed by atoms with E-state index < -0.39 is 0 Å². The first-order valence-corrected chi connectivity index (χ1v) is 4.14. The van der Waals surface area contributed by atoms with Crippen LogP contribution in [0.5, 0.6) is 11.5 Å². The molecule has 0 fully saturated rings. The predicted octanol–water partition coefficient (Wildman–Crippen LogP) is 1.46. The maximum atomic E-state index is 9.56. The van der Waals surface area contributed by atoms with Crippen LogP contribution in [0, 0.1) is 0 Å². The quantitative estimate of drug-likeness (QED) is 0.766. The van der Waals surface area contributed by atoms with Gasteiger partial charge in [0.25, 0.3) is 0 Å². The molecule has 0 saturated heterocycles. The third kappa shape index (κ3) is 2.36. The molecule has 0 aliphatic carbocycles. The molecule has 0 aliphatic heterocycles. The minimum atomic E-state index is 0.285. The molecule has 0 atom stereocenters. The van der Waals surface area contributed by atoms with Gasteiger partial charge >= 0.3 is 0 Å². The van der Waals surface area contributed by atoms with E-state index in [-0.39, 0.29) is 5.75 Å². The monoisotopic (exact) mass is 181 g/mol. The summed E-state index contributed by atoms with van der Waals surface area (Å²) in [5.74, 6) is 1.02. The smallest absolute Gasteiger partial charge is 0.127 e. The Morgan fingerprint density at radius 1 is 1.38 bits per heavy atom. The van der Waals surface area contributed by atoms with Gasteiger partial charge in [0.15, 0.2) is 0 Å². The topological polar surface area (TPSA) is 32.7 Å². The number of phenols is 1. The first-order valence-electron chi connectivity index (χ1n) is 4.14. The minimum absolute atomic E-state index is 0.285. The number of phenolic OH excluding ortho intramolecular Hbond substituents is 1. The number of aromatic hydroxyl groups is 1. The summed E-state index contributed by atoms with van der Waals surface area (Å²) in [5.41, 5.74) is 0.829. The molecule has 1 aromatic carbocycles. The number of rotatable bonds is 3. The van der Waals surface area contributed by atoms with Crippen LogP contribution in [0.2, 0.25) is 0 Å². The van der Waals surface area contributed by atoms with Gasteiger partial charge in [-0.05, 0) is 26.2 Å². The van der Waals surface area contributed by atoms with Crippen LogP contribution in [-0.4, -0.2) is 31.2 Å². The molecular weight excluding hydrogens is 166 g/mol. The molecule has 0 amide bonds. The van der Waals surface area contributed by atoms with Gasteiger partial charge in [-0.15, -0.1) is 0 Å². The van der Waals surface area contributed by atoms with Crippen molar-refractivity contribution in [3.8, 4) is 11.5 Å². The van der Waals surface area contributed by atoms with Gasteiger partial charge in [0.2, 0.25) is 0 Å². The zero-order valence-corrected chi connectivity index (χ0v) is 8.24. The summed E-state index contributed by atoms with van der Waals surface area (Å²) < 4.78 is 5.14. The van der Waals surface area contributed by atoms with Crippen molar-refractivity contribution in [3.05, 3.63) is 23.8 Å².